The molecule has 26 heavy (non-hydrogen) atoms. The van der Waals surface area contributed by atoms with Crippen LogP contribution >= 0.6 is 0 Å². The second-order valence-electron chi connectivity index (χ2n) is 5.71. The summed E-state index contributed by atoms with van der Waals surface area (Å²) in [6.07, 6.45) is 0.133. The maximum atomic E-state index is 12.2. The maximum Gasteiger partial charge on any atom is 0.226 e. The molecule has 2 aromatic rings. The van der Waals surface area contributed by atoms with Crippen molar-refractivity contribution in [2.75, 3.05) is 19.0 Å². The Kier molecular flexibility index (Phi) is 6.75. The van der Waals surface area contributed by atoms with Crippen LogP contribution in [0.5, 0.6) is 5.75 Å². The third-order valence-electron chi connectivity index (χ3n) is 3.93. The van der Waals surface area contributed by atoms with Crippen molar-refractivity contribution in [3.05, 3.63) is 59.7 Å². The Morgan fingerprint density at radius 3 is 2.54 bits per heavy atom. The number of nitriles is 1. The molecule has 2 aromatic carbocycles. The van der Waals surface area contributed by atoms with Gasteiger partial charge in [-0.2, -0.15) is 5.26 Å². The van der Waals surface area contributed by atoms with Crippen LogP contribution in [0.3, 0.4) is 0 Å². The van der Waals surface area contributed by atoms with Crippen molar-refractivity contribution in [3.8, 4) is 11.8 Å². The fourth-order valence-electron chi connectivity index (χ4n) is 2.53. The molecule has 0 saturated heterocycles. The highest BCUT2D eigenvalue weighted by molar-refractivity contribution is 5.92. The number of methoxy groups -OCH3 is 1. The van der Waals surface area contributed by atoms with Crippen LogP contribution in [0.15, 0.2) is 48.5 Å². The van der Waals surface area contributed by atoms with Gasteiger partial charge in [0.15, 0.2) is 0 Å². The van der Waals surface area contributed by atoms with Crippen molar-refractivity contribution in [1.82, 2.24) is 4.90 Å². The van der Waals surface area contributed by atoms with E-state index in [-0.39, 0.29) is 24.8 Å². The van der Waals surface area contributed by atoms with Gasteiger partial charge in [0, 0.05) is 32.0 Å². The van der Waals surface area contributed by atoms with Crippen LogP contribution in [0, 0.1) is 11.3 Å². The molecule has 0 bridgehead atoms. The van der Waals surface area contributed by atoms with Crippen molar-refractivity contribution in [2.24, 2.45) is 0 Å². The van der Waals surface area contributed by atoms with E-state index in [0.29, 0.717) is 23.5 Å². The average Bonchev–Trinajstić information content (AvgIpc) is 2.65. The Labute approximate surface area is 153 Å². The first-order chi connectivity index (χ1) is 12.5. The summed E-state index contributed by atoms with van der Waals surface area (Å²) in [5, 5.41) is 11.8. The molecule has 134 valence electrons. The van der Waals surface area contributed by atoms with Gasteiger partial charge in [0.2, 0.25) is 11.8 Å². The van der Waals surface area contributed by atoms with E-state index in [1.165, 1.54) is 6.92 Å². The van der Waals surface area contributed by atoms with E-state index in [4.69, 9.17) is 10.00 Å². The van der Waals surface area contributed by atoms with Crippen LogP contribution in [0.25, 0.3) is 0 Å². The highest BCUT2D eigenvalue weighted by Crippen LogP contribution is 2.19. The van der Waals surface area contributed by atoms with E-state index in [2.05, 4.69) is 5.32 Å². The first kappa shape index (κ1) is 19.0. The molecule has 0 aliphatic rings. The van der Waals surface area contributed by atoms with E-state index in [1.54, 1.807) is 36.3 Å². The van der Waals surface area contributed by atoms with Crippen LogP contribution in [0.1, 0.15) is 24.5 Å². The number of nitrogens with one attached hydrogen (secondary N) is 1. The van der Waals surface area contributed by atoms with Gasteiger partial charge in [0.05, 0.1) is 18.4 Å². The number of nitrogens with zero attached hydrogens (tertiary/aromatic N) is 2. The van der Waals surface area contributed by atoms with Crippen LogP contribution in [-0.4, -0.2) is 30.4 Å². The minimum atomic E-state index is -0.251. The SMILES string of the molecule is COc1ccccc1CN(CCC(=O)Nc1ccccc1C#N)C(C)=O. The van der Waals surface area contributed by atoms with Crippen molar-refractivity contribution in [3.63, 3.8) is 0 Å². The number of hydrogen-bond acceptors (Lipinski definition) is 4. The molecule has 0 saturated carbocycles. The zero-order chi connectivity index (χ0) is 18.9. The Hall–Kier alpha value is -3.33. The number of benzene rings is 2. The standard InChI is InChI=1S/C20H21N3O3/c1-15(24)23(14-17-8-4-6-10-19(17)26-2)12-11-20(25)22-18-9-5-3-7-16(18)13-21/h3-10H,11-12,14H2,1-2H3,(H,22,25). The van der Waals surface area contributed by atoms with Crippen molar-refractivity contribution < 1.29 is 14.3 Å². The molecule has 0 spiro atoms. The monoisotopic (exact) mass is 351 g/mol. The van der Waals surface area contributed by atoms with E-state index in [0.717, 1.165) is 5.56 Å². The zero-order valence-electron chi connectivity index (χ0n) is 14.9. The van der Waals surface area contributed by atoms with Gasteiger partial charge in [0.25, 0.3) is 0 Å². The third-order valence-corrected chi connectivity index (χ3v) is 3.93. The number of ether oxygens (including phenoxy) is 1. The average molecular weight is 351 g/mol. The van der Waals surface area contributed by atoms with Gasteiger partial charge >= 0.3 is 0 Å². The second kappa shape index (κ2) is 9.23. The molecular weight excluding hydrogens is 330 g/mol. The van der Waals surface area contributed by atoms with Gasteiger partial charge in [-0.3, -0.25) is 9.59 Å². The summed E-state index contributed by atoms with van der Waals surface area (Å²) in [7, 11) is 1.58. The first-order valence-electron chi connectivity index (χ1n) is 8.21. The van der Waals surface area contributed by atoms with E-state index >= 15 is 0 Å². The third kappa shape index (κ3) is 5.08. The fourth-order valence-corrected chi connectivity index (χ4v) is 2.53. The smallest absolute Gasteiger partial charge is 0.226 e. The Balaban J connectivity index is 1.99. The molecule has 0 heterocycles. The summed E-state index contributed by atoms with van der Waals surface area (Å²) in [6.45, 7) is 2.10. The van der Waals surface area contributed by atoms with Crippen LogP contribution < -0.4 is 10.1 Å². The summed E-state index contributed by atoms with van der Waals surface area (Å²) in [4.78, 5) is 25.7. The number of para-hydroxylation sites is 2. The summed E-state index contributed by atoms with van der Waals surface area (Å²) >= 11 is 0. The number of rotatable bonds is 7. The van der Waals surface area contributed by atoms with Crippen molar-refractivity contribution >= 4 is 17.5 Å². The molecule has 0 unspecified atom stereocenters. The minimum Gasteiger partial charge on any atom is -0.496 e. The van der Waals surface area contributed by atoms with Gasteiger partial charge < -0.3 is 15.0 Å². The lowest BCUT2D eigenvalue weighted by Crippen LogP contribution is -2.31. The molecule has 0 aliphatic carbocycles. The Morgan fingerprint density at radius 1 is 1.15 bits per heavy atom. The molecule has 2 amide bonds. The lowest BCUT2D eigenvalue weighted by Gasteiger charge is -2.22. The molecule has 1 N–H and O–H groups in total. The van der Waals surface area contributed by atoms with E-state index in [9.17, 15) is 9.59 Å². The van der Waals surface area contributed by atoms with Gasteiger partial charge in [-0.25, -0.2) is 0 Å². The van der Waals surface area contributed by atoms with Gasteiger partial charge in [-0.1, -0.05) is 30.3 Å². The highest BCUT2D eigenvalue weighted by atomic mass is 16.5. The van der Waals surface area contributed by atoms with Crippen molar-refractivity contribution in [2.45, 2.75) is 19.9 Å². The molecule has 0 radical (unpaired) electrons. The first-order valence-corrected chi connectivity index (χ1v) is 8.21. The van der Waals surface area contributed by atoms with Gasteiger partial charge in [-0.05, 0) is 18.2 Å². The van der Waals surface area contributed by atoms with Crippen LogP contribution in [-0.2, 0) is 16.1 Å². The summed E-state index contributed by atoms with van der Waals surface area (Å²) in [5.41, 5.74) is 1.75. The minimum absolute atomic E-state index is 0.124. The maximum absolute atomic E-state index is 12.2. The summed E-state index contributed by atoms with van der Waals surface area (Å²) in [6, 6.07) is 16.3. The van der Waals surface area contributed by atoms with Crippen molar-refractivity contribution in [1.29, 1.82) is 5.26 Å². The molecule has 0 aliphatic heterocycles. The van der Waals surface area contributed by atoms with E-state index in [1.807, 2.05) is 30.3 Å². The number of carbonyl (C=O) groups excluding carboxylic acids is 2. The largest absolute Gasteiger partial charge is 0.496 e. The number of hydrogen-bond donors (Lipinski definition) is 1. The molecule has 6 heteroatoms. The van der Waals surface area contributed by atoms with E-state index < -0.39 is 0 Å². The molecular formula is C20H21N3O3. The number of anilines is 1. The van der Waals surface area contributed by atoms with Gasteiger partial charge in [0.1, 0.15) is 11.8 Å². The predicted octanol–water partition coefficient (Wildman–Crippen LogP) is 2.94. The molecule has 0 aromatic heterocycles. The predicted molar refractivity (Wildman–Crippen MR) is 98.5 cm³/mol. The summed E-state index contributed by atoms with van der Waals surface area (Å²) < 4.78 is 5.31. The molecule has 6 nitrogen and oxygen atoms in total. The highest BCUT2D eigenvalue weighted by Gasteiger charge is 2.14. The molecule has 2 rings (SSSR count). The molecule has 0 atom stereocenters. The second-order valence-corrected chi connectivity index (χ2v) is 5.71. The number of carbonyl (C=O) groups is 2. The normalized spacial score (nSPS) is 9.88. The Morgan fingerprint density at radius 2 is 1.85 bits per heavy atom. The quantitative estimate of drug-likeness (QED) is 0.831. The van der Waals surface area contributed by atoms with Gasteiger partial charge in [-0.15, -0.1) is 0 Å². The fraction of sp³-hybridized carbons (Fsp3) is 0.250. The lowest BCUT2D eigenvalue weighted by molar-refractivity contribution is -0.129. The Bertz CT molecular complexity index is 827. The lowest BCUT2D eigenvalue weighted by atomic mass is 10.1. The topological polar surface area (TPSA) is 82.4 Å². The summed E-state index contributed by atoms with van der Waals surface area (Å²) in [5.74, 6) is 0.325. The molecule has 0 fully saturated rings. The van der Waals surface area contributed by atoms with Crippen LogP contribution in [0.2, 0.25) is 0 Å². The number of amides is 2. The van der Waals surface area contributed by atoms with Crippen LogP contribution in [0.4, 0.5) is 5.69 Å². The zero-order valence-corrected chi connectivity index (χ0v) is 14.9.